The number of halogens is 3. The average molecular weight is 512 g/mol. The molecule has 0 aromatic heterocycles. The van der Waals surface area contributed by atoms with E-state index in [1.165, 1.54) is 22.7 Å². The number of hydrogen-bond donors (Lipinski definition) is 0. The van der Waals surface area contributed by atoms with Crippen LogP contribution in [0, 0.1) is 16.6 Å². The summed E-state index contributed by atoms with van der Waals surface area (Å²) >= 11 is 7.22. The Kier molecular flexibility index (Phi) is 5.26. The Morgan fingerprint density at radius 3 is 2.08 bits per heavy atom. The van der Waals surface area contributed by atoms with Crippen LogP contribution < -0.4 is 0 Å². The smallest absolute Gasteiger partial charge is 0.0274 e. The van der Waals surface area contributed by atoms with Crippen LogP contribution in [0.15, 0.2) is 12.1 Å². The topological polar surface area (TPSA) is 0 Å². The zero-order valence-electron chi connectivity index (χ0n) is 7.57. The molecule has 0 unspecified atom stereocenters. The molecule has 0 saturated carbocycles. The van der Waals surface area contributed by atoms with Gasteiger partial charge < -0.3 is 0 Å². The van der Waals surface area contributed by atoms with Crippen LogP contribution in [0.1, 0.15) is 19.4 Å². The molecule has 0 nitrogen and oxygen atoms in total. The lowest BCUT2D eigenvalue weighted by molar-refractivity contribution is 0.645. The van der Waals surface area contributed by atoms with Crippen molar-refractivity contribution in [1.82, 2.24) is 0 Å². The van der Waals surface area contributed by atoms with Crippen molar-refractivity contribution >= 4 is 67.8 Å². The van der Waals surface area contributed by atoms with Crippen molar-refractivity contribution in [1.29, 1.82) is 0 Å². The second-order valence-corrected chi connectivity index (χ2v) is 6.94. The van der Waals surface area contributed by atoms with E-state index in [2.05, 4.69) is 93.8 Å². The molecule has 13 heavy (non-hydrogen) atoms. The summed E-state index contributed by atoms with van der Waals surface area (Å²) in [5, 5.41) is 0. The Hall–Kier alpha value is 1.41. The molecule has 0 aliphatic heterocycles. The van der Waals surface area contributed by atoms with E-state index in [1.54, 1.807) is 0 Å². The average Bonchev–Trinajstić information content (AvgIpc) is 1.99. The van der Waals surface area contributed by atoms with E-state index in [1.807, 2.05) is 0 Å². The van der Waals surface area contributed by atoms with E-state index in [0.717, 1.165) is 5.92 Å². The fourth-order valence-electron chi connectivity index (χ4n) is 1.16. The van der Waals surface area contributed by atoms with Gasteiger partial charge in [-0.1, -0.05) is 13.8 Å². The summed E-state index contributed by atoms with van der Waals surface area (Å²) < 4.78 is 4.13. The molecule has 0 atom stereocenters. The van der Waals surface area contributed by atoms with E-state index in [9.17, 15) is 0 Å². The van der Waals surface area contributed by atoms with Gasteiger partial charge in [-0.05, 0) is 97.8 Å². The molecule has 0 amide bonds. The van der Waals surface area contributed by atoms with Gasteiger partial charge in [-0.2, -0.15) is 0 Å². The summed E-state index contributed by atoms with van der Waals surface area (Å²) in [6.07, 6.45) is 1.19. The largest absolute Gasteiger partial charge is 0.0625 e. The van der Waals surface area contributed by atoms with Crippen molar-refractivity contribution in [3.8, 4) is 0 Å². The minimum atomic E-state index is 0.740. The summed E-state index contributed by atoms with van der Waals surface area (Å²) in [4.78, 5) is 0. The van der Waals surface area contributed by atoms with E-state index < -0.39 is 0 Å². The summed E-state index contributed by atoms with van der Waals surface area (Å²) in [6, 6.07) is 4.57. The first kappa shape index (κ1) is 12.5. The highest BCUT2D eigenvalue weighted by molar-refractivity contribution is 14.1. The molecule has 1 aromatic rings. The molecule has 1 aromatic carbocycles. The van der Waals surface area contributed by atoms with Crippen molar-refractivity contribution in [3.63, 3.8) is 0 Å². The first-order chi connectivity index (χ1) is 6.00. The number of benzene rings is 1. The third-order valence-corrected chi connectivity index (χ3v) is 5.54. The third kappa shape index (κ3) is 3.81. The lowest BCUT2D eigenvalue weighted by atomic mass is 10.0. The quantitative estimate of drug-likeness (QED) is 0.399. The van der Waals surface area contributed by atoms with Gasteiger partial charge in [0.25, 0.3) is 0 Å². The monoisotopic (exact) mass is 512 g/mol. The van der Waals surface area contributed by atoms with Crippen LogP contribution in [0.4, 0.5) is 0 Å². The van der Waals surface area contributed by atoms with Crippen LogP contribution in [0.3, 0.4) is 0 Å². The number of rotatable bonds is 2. The van der Waals surface area contributed by atoms with Crippen molar-refractivity contribution in [2.24, 2.45) is 5.92 Å². The van der Waals surface area contributed by atoms with Crippen LogP contribution in [-0.2, 0) is 6.42 Å². The standard InChI is InChI=1S/C10H11I3/c1-6(2)3-7-4-9(12)10(13)5-8(7)11/h4-6H,3H2,1-2H3. The molecule has 0 radical (unpaired) electrons. The third-order valence-electron chi connectivity index (χ3n) is 1.72. The van der Waals surface area contributed by atoms with Gasteiger partial charge >= 0.3 is 0 Å². The van der Waals surface area contributed by atoms with Crippen molar-refractivity contribution in [2.75, 3.05) is 0 Å². The van der Waals surface area contributed by atoms with Crippen molar-refractivity contribution in [2.45, 2.75) is 20.3 Å². The summed E-state index contributed by atoms with van der Waals surface area (Å²) in [5.74, 6) is 0.740. The van der Waals surface area contributed by atoms with E-state index in [-0.39, 0.29) is 0 Å². The first-order valence-corrected chi connectivity index (χ1v) is 7.37. The van der Waals surface area contributed by atoms with Gasteiger partial charge in [-0.15, -0.1) is 0 Å². The van der Waals surface area contributed by atoms with Crippen LogP contribution in [0.5, 0.6) is 0 Å². The normalized spacial score (nSPS) is 10.9. The summed E-state index contributed by atoms with van der Waals surface area (Å²) in [5.41, 5.74) is 1.49. The molecular weight excluding hydrogens is 501 g/mol. The van der Waals surface area contributed by atoms with Crippen LogP contribution in [0.2, 0.25) is 0 Å². The van der Waals surface area contributed by atoms with Gasteiger partial charge in [0.1, 0.15) is 0 Å². The minimum Gasteiger partial charge on any atom is -0.0625 e. The zero-order valence-corrected chi connectivity index (χ0v) is 14.0. The number of hydrogen-bond acceptors (Lipinski definition) is 0. The fourth-order valence-corrected chi connectivity index (χ4v) is 3.44. The van der Waals surface area contributed by atoms with Gasteiger partial charge in [0.2, 0.25) is 0 Å². The molecule has 0 aliphatic carbocycles. The van der Waals surface area contributed by atoms with Crippen molar-refractivity contribution < 1.29 is 0 Å². The lowest BCUT2D eigenvalue weighted by Gasteiger charge is -2.09. The summed E-state index contributed by atoms with van der Waals surface area (Å²) in [6.45, 7) is 4.53. The molecule has 0 fully saturated rings. The van der Waals surface area contributed by atoms with Gasteiger partial charge in [-0.25, -0.2) is 0 Å². The Bertz CT molecular complexity index is 305. The zero-order chi connectivity index (χ0) is 10.0. The highest BCUT2D eigenvalue weighted by Gasteiger charge is 2.06. The van der Waals surface area contributed by atoms with E-state index in [4.69, 9.17) is 0 Å². The maximum absolute atomic E-state index is 2.43. The molecule has 3 heteroatoms. The molecule has 0 bridgehead atoms. The van der Waals surface area contributed by atoms with Gasteiger partial charge in [0, 0.05) is 10.7 Å². The molecule has 0 saturated heterocycles. The predicted octanol–water partition coefficient (Wildman–Crippen LogP) is 4.70. The van der Waals surface area contributed by atoms with Crippen LogP contribution >= 0.6 is 67.8 Å². The Balaban J connectivity index is 3.01. The molecule has 0 spiro atoms. The van der Waals surface area contributed by atoms with Gasteiger partial charge in [0.05, 0.1) is 0 Å². The van der Waals surface area contributed by atoms with Gasteiger partial charge in [-0.3, -0.25) is 0 Å². The minimum absolute atomic E-state index is 0.740. The Morgan fingerprint density at radius 1 is 1.00 bits per heavy atom. The molecule has 0 N–H and O–H groups in total. The van der Waals surface area contributed by atoms with Crippen LogP contribution in [0.25, 0.3) is 0 Å². The fraction of sp³-hybridized carbons (Fsp3) is 0.400. The SMILES string of the molecule is CC(C)Cc1cc(I)c(I)cc1I. The molecule has 1 rings (SSSR count). The first-order valence-electron chi connectivity index (χ1n) is 4.14. The lowest BCUT2D eigenvalue weighted by Crippen LogP contribution is -1.98. The molecule has 0 heterocycles. The molecule has 72 valence electrons. The maximum Gasteiger partial charge on any atom is 0.0274 e. The van der Waals surface area contributed by atoms with Crippen LogP contribution in [-0.4, -0.2) is 0 Å². The highest BCUT2D eigenvalue weighted by Crippen LogP contribution is 2.23. The second kappa shape index (κ2) is 5.48. The molecular formula is C10H11I3. The van der Waals surface area contributed by atoms with Crippen molar-refractivity contribution in [3.05, 3.63) is 28.4 Å². The predicted molar refractivity (Wildman–Crippen MR) is 83.1 cm³/mol. The van der Waals surface area contributed by atoms with E-state index in [0.29, 0.717) is 0 Å². The van der Waals surface area contributed by atoms with E-state index >= 15 is 0 Å². The summed E-state index contributed by atoms with van der Waals surface area (Å²) in [7, 11) is 0. The highest BCUT2D eigenvalue weighted by atomic mass is 127. The molecule has 0 aliphatic rings. The maximum atomic E-state index is 2.43. The second-order valence-electron chi connectivity index (χ2n) is 3.46. The Morgan fingerprint density at radius 2 is 1.54 bits per heavy atom. The van der Waals surface area contributed by atoms with Gasteiger partial charge in [0.15, 0.2) is 0 Å². The Labute approximate surface area is 121 Å².